The van der Waals surface area contributed by atoms with Crippen LogP contribution in [0.4, 0.5) is 0 Å². The number of aliphatic carboxylic acids is 1. The van der Waals surface area contributed by atoms with Crippen molar-refractivity contribution in [1.82, 2.24) is 5.32 Å². The molecule has 0 saturated carbocycles. The molecule has 0 fully saturated rings. The van der Waals surface area contributed by atoms with Gasteiger partial charge in [-0.05, 0) is 26.7 Å². The van der Waals surface area contributed by atoms with Gasteiger partial charge in [0, 0.05) is 0 Å². The van der Waals surface area contributed by atoms with Gasteiger partial charge in [0.1, 0.15) is 11.8 Å². The predicted molar refractivity (Wildman–Crippen MR) is 67.9 cm³/mol. The summed E-state index contributed by atoms with van der Waals surface area (Å²) in [5.74, 6) is -2.98. The highest BCUT2D eigenvalue weighted by molar-refractivity contribution is 7.93. The summed E-state index contributed by atoms with van der Waals surface area (Å²) in [5, 5.41) is 11.1. The summed E-state index contributed by atoms with van der Waals surface area (Å²) < 4.78 is 22.5. The van der Waals surface area contributed by atoms with Crippen molar-refractivity contribution in [1.29, 1.82) is 0 Å². The molecule has 7 heteroatoms. The molecular weight excluding hydrogens is 258 g/mol. The number of nitrogens with one attached hydrogen (secondary N) is 1. The summed E-state index contributed by atoms with van der Waals surface area (Å²) in [7, 11) is -3.60. The third-order valence-corrected chi connectivity index (χ3v) is 5.01. The largest absolute Gasteiger partial charge is 0.480 e. The Balaban J connectivity index is 4.77. The maximum atomic E-state index is 11.8. The van der Waals surface area contributed by atoms with Crippen LogP contribution in [0.15, 0.2) is 0 Å². The first-order chi connectivity index (χ1) is 7.88. The summed E-state index contributed by atoms with van der Waals surface area (Å²) in [4.78, 5) is 22.4. The zero-order chi connectivity index (χ0) is 14.7. The molecule has 0 aliphatic rings. The zero-order valence-electron chi connectivity index (χ0n) is 11.4. The summed E-state index contributed by atoms with van der Waals surface area (Å²) in [6.45, 7) is 7.75. The Morgan fingerprint density at radius 2 is 1.67 bits per heavy atom. The third kappa shape index (κ3) is 4.64. The molecule has 0 aliphatic carbocycles. The van der Waals surface area contributed by atoms with E-state index in [0.29, 0.717) is 0 Å². The highest BCUT2D eigenvalue weighted by atomic mass is 32.2. The van der Waals surface area contributed by atoms with Crippen molar-refractivity contribution in [2.75, 3.05) is 5.75 Å². The lowest BCUT2D eigenvalue weighted by Crippen LogP contribution is -2.47. The van der Waals surface area contributed by atoms with Gasteiger partial charge >= 0.3 is 5.97 Å². The van der Waals surface area contributed by atoms with Gasteiger partial charge in [-0.2, -0.15) is 0 Å². The van der Waals surface area contributed by atoms with Gasteiger partial charge in [0.2, 0.25) is 5.91 Å². The monoisotopic (exact) mass is 279 g/mol. The van der Waals surface area contributed by atoms with E-state index in [1.54, 1.807) is 13.8 Å². The zero-order valence-corrected chi connectivity index (χ0v) is 12.2. The summed E-state index contributed by atoms with van der Waals surface area (Å²) in [6.07, 6.45) is 0. The average molecular weight is 279 g/mol. The van der Waals surface area contributed by atoms with Gasteiger partial charge in [-0.1, -0.05) is 13.8 Å². The number of carbonyl (C=O) groups is 2. The fourth-order valence-electron chi connectivity index (χ4n) is 1.12. The second-order valence-corrected chi connectivity index (χ2v) is 8.24. The Bertz CT molecular complexity index is 419. The van der Waals surface area contributed by atoms with Gasteiger partial charge in [0.25, 0.3) is 0 Å². The second-order valence-electron chi connectivity index (χ2n) is 5.50. The van der Waals surface area contributed by atoms with E-state index in [4.69, 9.17) is 5.11 Å². The van der Waals surface area contributed by atoms with Crippen molar-refractivity contribution in [3.63, 3.8) is 0 Å². The molecule has 2 N–H and O–H groups in total. The molecule has 0 bridgehead atoms. The minimum atomic E-state index is -3.60. The van der Waals surface area contributed by atoms with E-state index in [-0.39, 0.29) is 5.92 Å². The van der Waals surface area contributed by atoms with Gasteiger partial charge in [0.05, 0.1) is 4.75 Å². The average Bonchev–Trinajstić information content (AvgIpc) is 2.10. The number of carboxylic acid groups (broad SMARTS) is 1. The number of carbonyl (C=O) groups excluding carboxylic acids is 1. The van der Waals surface area contributed by atoms with Crippen LogP contribution in [0, 0.1) is 5.92 Å². The molecule has 0 unspecified atom stereocenters. The highest BCUT2D eigenvalue weighted by Crippen LogP contribution is 2.15. The fourth-order valence-corrected chi connectivity index (χ4v) is 1.98. The highest BCUT2D eigenvalue weighted by Gasteiger charge is 2.33. The van der Waals surface area contributed by atoms with E-state index in [2.05, 4.69) is 5.32 Å². The maximum Gasteiger partial charge on any atom is 0.326 e. The Hall–Kier alpha value is -1.11. The third-order valence-electron chi connectivity index (χ3n) is 2.50. The predicted octanol–water partition coefficient (Wildman–Crippen LogP) is 0.425. The second kappa shape index (κ2) is 5.69. The number of sulfone groups is 1. The molecule has 1 atom stereocenters. The van der Waals surface area contributed by atoms with E-state index in [9.17, 15) is 18.0 Å². The minimum absolute atomic E-state index is 0.316. The summed E-state index contributed by atoms with van der Waals surface area (Å²) in [5.41, 5.74) is 0. The van der Waals surface area contributed by atoms with Crippen LogP contribution in [0.1, 0.15) is 34.6 Å². The van der Waals surface area contributed by atoms with Crippen LogP contribution in [0.2, 0.25) is 0 Å². The van der Waals surface area contributed by atoms with Crippen molar-refractivity contribution >= 4 is 21.7 Å². The van der Waals surface area contributed by atoms with E-state index in [0.717, 1.165) is 0 Å². The smallest absolute Gasteiger partial charge is 0.326 e. The number of amides is 1. The Morgan fingerprint density at radius 3 is 1.94 bits per heavy atom. The van der Waals surface area contributed by atoms with Crippen LogP contribution < -0.4 is 5.32 Å². The molecule has 0 saturated heterocycles. The van der Waals surface area contributed by atoms with Crippen LogP contribution in [0.3, 0.4) is 0 Å². The van der Waals surface area contributed by atoms with Crippen LogP contribution in [0.25, 0.3) is 0 Å². The molecule has 0 radical (unpaired) electrons. The van der Waals surface area contributed by atoms with E-state index < -0.39 is 38.3 Å². The molecule has 106 valence electrons. The van der Waals surface area contributed by atoms with E-state index >= 15 is 0 Å². The SMILES string of the molecule is CC(C)[C@@H](NC(=O)CS(=O)(=O)C(C)(C)C)C(=O)O. The van der Waals surface area contributed by atoms with Gasteiger partial charge in [0.15, 0.2) is 9.84 Å². The maximum absolute atomic E-state index is 11.8. The number of carboxylic acids is 1. The lowest BCUT2D eigenvalue weighted by molar-refractivity contribution is -0.142. The summed E-state index contributed by atoms with van der Waals surface area (Å²) in [6, 6.07) is -1.08. The van der Waals surface area contributed by atoms with Gasteiger partial charge in [-0.15, -0.1) is 0 Å². The van der Waals surface area contributed by atoms with E-state index in [1.807, 2.05) is 0 Å². The number of hydrogen-bond acceptors (Lipinski definition) is 4. The molecule has 0 aliphatic heterocycles. The van der Waals surface area contributed by atoms with Crippen LogP contribution in [-0.2, 0) is 19.4 Å². The van der Waals surface area contributed by atoms with Crippen LogP contribution in [-0.4, -0.2) is 41.9 Å². The quantitative estimate of drug-likeness (QED) is 0.760. The molecule has 6 nitrogen and oxygen atoms in total. The molecule has 0 aromatic rings. The van der Waals surface area contributed by atoms with Crippen molar-refractivity contribution < 1.29 is 23.1 Å². The number of rotatable bonds is 5. The summed E-state index contributed by atoms with van der Waals surface area (Å²) >= 11 is 0. The number of hydrogen-bond donors (Lipinski definition) is 2. The molecule has 1 amide bonds. The van der Waals surface area contributed by atoms with Gasteiger partial charge in [-0.25, -0.2) is 13.2 Å². The first-order valence-electron chi connectivity index (χ1n) is 5.63. The lowest BCUT2D eigenvalue weighted by Gasteiger charge is -2.21. The lowest BCUT2D eigenvalue weighted by atomic mass is 10.1. The fraction of sp³-hybridized carbons (Fsp3) is 0.818. The van der Waals surface area contributed by atoms with Crippen LogP contribution in [0.5, 0.6) is 0 Å². The Labute approximate surface area is 108 Å². The molecule has 0 rings (SSSR count). The van der Waals surface area contributed by atoms with Crippen molar-refractivity contribution in [3.05, 3.63) is 0 Å². The normalized spacial score (nSPS) is 14.3. The molecule has 0 spiro atoms. The molecular formula is C11H21NO5S. The van der Waals surface area contributed by atoms with Crippen molar-refractivity contribution in [3.8, 4) is 0 Å². The minimum Gasteiger partial charge on any atom is -0.480 e. The van der Waals surface area contributed by atoms with Gasteiger partial charge < -0.3 is 10.4 Å². The standard InChI is InChI=1S/C11H21NO5S/c1-7(2)9(10(14)15)12-8(13)6-18(16,17)11(3,4)5/h7,9H,6H2,1-5H3,(H,12,13)(H,14,15)/t9-/m1/s1. The van der Waals surface area contributed by atoms with E-state index in [1.165, 1.54) is 20.8 Å². The molecule has 0 aromatic carbocycles. The Kier molecular flexibility index (Phi) is 5.34. The molecule has 0 heterocycles. The topological polar surface area (TPSA) is 101 Å². The van der Waals surface area contributed by atoms with Gasteiger partial charge in [-0.3, -0.25) is 4.79 Å². The molecule has 0 aromatic heterocycles. The van der Waals surface area contributed by atoms with Crippen molar-refractivity contribution in [2.24, 2.45) is 5.92 Å². The van der Waals surface area contributed by atoms with Crippen molar-refractivity contribution in [2.45, 2.75) is 45.4 Å². The first-order valence-corrected chi connectivity index (χ1v) is 7.28. The first kappa shape index (κ1) is 16.9. The Morgan fingerprint density at radius 1 is 1.22 bits per heavy atom. The van der Waals surface area contributed by atoms with Crippen LogP contribution >= 0.6 is 0 Å². The molecule has 18 heavy (non-hydrogen) atoms.